The number of benzene rings is 1. The molecule has 0 radical (unpaired) electrons. The number of halogens is 1. The molecule has 2 aliphatic rings. The fourth-order valence-electron chi connectivity index (χ4n) is 4.22. The van der Waals surface area contributed by atoms with Crippen LogP contribution in [0.25, 0.3) is 0 Å². The molecule has 2 heterocycles. The average molecular weight is 369 g/mol. The van der Waals surface area contributed by atoms with Crippen LogP contribution in [0.1, 0.15) is 63.9 Å². The molecule has 6 atom stereocenters. The van der Waals surface area contributed by atoms with Crippen molar-refractivity contribution in [2.45, 2.75) is 65.0 Å². The van der Waals surface area contributed by atoms with E-state index in [1.165, 1.54) is 0 Å². The van der Waals surface area contributed by atoms with Crippen LogP contribution in [0.4, 0.5) is 0 Å². The zero-order chi connectivity index (χ0) is 18.3. The van der Waals surface area contributed by atoms with Gasteiger partial charge in [-0.25, -0.2) is 0 Å². The zero-order valence-electron chi connectivity index (χ0n) is 16.0. The van der Waals surface area contributed by atoms with Crippen molar-refractivity contribution < 1.29 is 18.9 Å². The lowest BCUT2D eigenvalue weighted by atomic mass is 9.81. The normalized spacial score (nSPS) is 34.2. The highest BCUT2D eigenvalue weighted by Gasteiger charge is 2.44. The maximum absolute atomic E-state index is 6.64. The Hall–Kier alpha value is -0.970. The molecule has 1 aromatic carbocycles. The largest absolute Gasteiger partial charge is 0.495 e. The van der Waals surface area contributed by atoms with Gasteiger partial charge in [0, 0.05) is 23.0 Å². The van der Waals surface area contributed by atoms with E-state index in [0.717, 1.165) is 24.0 Å². The molecule has 0 aliphatic carbocycles. The van der Waals surface area contributed by atoms with Gasteiger partial charge in [-0.15, -0.1) is 0 Å². The summed E-state index contributed by atoms with van der Waals surface area (Å²) < 4.78 is 23.4. The lowest BCUT2D eigenvalue weighted by Crippen LogP contribution is -2.42. The van der Waals surface area contributed by atoms with Crippen LogP contribution in [0.5, 0.6) is 11.5 Å². The third-order valence-electron chi connectivity index (χ3n) is 5.83. The molecule has 5 heteroatoms. The molecule has 4 nitrogen and oxygen atoms in total. The predicted molar refractivity (Wildman–Crippen MR) is 98.7 cm³/mol. The summed E-state index contributed by atoms with van der Waals surface area (Å²) in [6.45, 7) is 8.73. The minimum atomic E-state index is -0.000546. The number of ether oxygens (including phenoxy) is 4. The third-order valence-corrected chi connectivity index (χ3v) is 6.17. The van der Waals surface area contributed by atoms with Crippen LogP contribution >= 0.6 is 11.6 Å². The van der Waals surface area contributed by atoms with Gasteiger partial charge in [0.1, 0.15) is 16.5 Å². The Morgan fingerprint density at radius 3 is 1.56 bits per heavy atom. The SMILES string of the molecule is CCC1OC(c2cc(C3OC(CC)C3C)c(OC)c(Cl)c2OC)C1C. The quantitative estimate of drug-likeness (QED) is 0.680. The molecule has 2 aliphatic heterocycles. The summed E-state index contributed by atoms with van der Waals surface area (Å²) in [6, 6.07) is 2.11. The van der Waals surface area contributed by atoms with E-state index in [1.54, 1.807) is 14.2 Å². The molecule has 0 saturated carbocycles. The number of hydrogen-bond donors (Lipinski definition) is 0. The van der Waals surface area contributed by atoms with Crippen LogP contribution in [0.15, 0.2) is 6.07 Å². The first-order chi connectivity index (χ1) is 12.0. The molecule has 0 spiro atoms. The Balaban J connectivity index is 2.01. The number of rotatable bonds is 6. The second-order valence-electron chi connectivity index (χ2n) is 7.16. The first kappa shape index (κ1) is 18.8. The summed E-state index contributed by atoms with van der Waals surface area (Å²) in [5.74, 6) is 2.15. The van der Waals surface area contributed by atoms with Gasteiger partial charge < -0.3 is 18.9 Å². The molecular formula is C20H29ClO4. The summed E-state index contributed by atoms with van der Waals surface area (Å²) in [6.07, 6.45) is 2.61. The molecule has 1 aromatic rings. The fraction of sp³-hybridized carbons (Fsp3) is 0.700. The Morgan fingerprint density at radius 2 is 1.28 bits per heavy atom. The summed E-state index contributed by atoms with van der Waals surface area (Å²) >= 11 is 6.64. The van der Waals surface area contributed by atoms with Gasteiger partial charge in [-0.05, 0) is 18.9 Å². The summed E-state index contributed by atoms with van der Waals surface area (Å²) in [5, 5.41) is 0.504. The maximum Gasteiger partial charge on any atom is 0.147 e. The van der Waals surface area contributed by atoms with Gasteiger partial charge in [-0.2, -0.15) is 0 Å². The van der Waals surface area contributed by atoms with Gasteiger partial charge in [0.15, 0.2) is 0 Å². The fourth-order valence-corrected chi connectivity index (χ4v) is 4.60. The van der Waals surface area contributed by atoms with Crippen molar-refractivity contribution in [3.05, 3.63) is 22.2 Å². The molecule has 0 bridgehead atoms. The first-order valence-electron chi connectivity index (χ1n) is 9.23. The first-order valence-corrected chi connectivity index (χ1v) is 9.61. The summed E-state index contributed by atoms with van der Waals surface area (Å²) in [7, 11) is 3.28. The van der Waals surface area contributed by atoms with Crippen molar-refractivity contribution in [2.75, 3.05) is 14.2 Å². The van der Waals surface area contributed by atoms with Crippen molar-refractivity contribution in [2.24, 2.45) is 11.8 Å². The summed E-state index contributed by atoms with van der Waals surface area (Å²) in [5.41, 5.74) is 1.99. The number of hydrogen-bond acceptors (Lipinski definition) is 4. The number of methoxy groups -OCH3 is 2. The van der Waals surface area contributed by atoms with Gasteiger partial charge in [0.05, 0.1) is 38.6 Å². The van der Waals surface area contributed by atoms with E-state index >= 15 is 0 Å². The predicted octanol–water partition coefficient (Wildman–Crippen LogP) is 5.33. The molecule has 25 heavy (non-hydrogen) atoms. The Bertz CT molecular complexity index is 582. The Labute approximate surface area is 155 Å². The Morgan fingerprint density at radius 1 is 0.880 bits per heavy atom. The molecule has 0 amide bonds. The molecular weight excluding hydrogens is 340 g/mol. The minimum absolute atomic E-state index is 0.000546. The molecule has 0 N–H and O–H groups in total. The lowest BCUT2D eigenvalue weighted by Gasteiger charge is -2.45. The van der Waals surface area contributed by atoms with Crippen molar-refractivity contribution >= 4 is 11.6 Å². The summed E-state index contributed by atoms with van der Waals surface area (Å²) in [4.78, 5) is 0. The molecule has 6 unspecified atom stereocenters. The topological polar surface area (TPSA) is 36.9 Å². The van der Waals surface area contributed by atoms with Crippen LogP contribution in [-0.4, -0.2) is 26.4 Å². The van der Waals surface area contributed by atoms with Crippen molar-refractivity contribution in [1.29, 1.82) is 0 Å². The van der Waals surface area contributed by atoms with Gasteiger partial charge in [-0.3, -0.25) is 0 Å². The van der Waals surface area contributed by atoms with Crippen molar-refractivity contribution in [1.82, 2.24) is 0 Å². The highest BCUT2D eigenvalue weighted by Crippen LogP contribution is 2.54. The second-order valence-corrected chi connectivity index (χ2v) is 7.54. The van der Waals surface area contributed by atoms with E-state index < -0.39 is 0 Å². The average Bonchev–Trinajstić information content (AvgIpc) is 2.60. The molecule has 0 aromatic heterocycles. The van der Waals surface area contributed by atoms with E-state index in [9.17, 15) is 0 Å². The van der Waals surface area contributed by atoms with Crippen LogP contribution in [-0.2, 0) is 9.47 Å². The Kier molecular flexibility index (Phi) is 5.52. The smallest absolute Gasteiger partial charge is 0.147 e. The van der Waals surface area contributed by atoms with Crippen LogP contribution in [0, 0.1) is 11.8 Å². The third kappa shape index (κ3) is 2.92. The molecule has 140 valence electrons. The lowest BCUT2D eigenvalue weighted by molar-refractivity contribution is -0.185. The van der Waals surface area contributed by atoms with Gasteiger partial charge in [0.25, 0.3) is 0 Å². The van der Waals surface area contributed by atoms with Gasteiger partial charge >= 0.3 is 0 Å². The van der Waals surface area contributed by atoms with Crippen LogP contribution < -0.4 is 9.47 Å². The van der Waals surface area contributed by atoms with E-state index in [4.69, 9.17) is 30.5 Å². The van der Waals surface area contributed by atoms with Crippen LogP contribution in [0.3, 0.4) is 0 Å². The monoisotopic (exact) mass is 368 g/mol. The van der Waals surface area contributed by atoms with E-state index in [2.05, 4.69) is 33.8 Å². The molecule has 2 saturated heterocycles. The highest BCUT2D eigenvalue weighted by atomic mass is 35.5. The standard InChI is InChI=1S/C20H29ClO4/c1-7-14-10(3)17(24-14)12-9-13(18-11(4)15(8-2)25-18)20(23-6)16(21)19(12)22-5/h9-11,14-15,17-18H,7-8H2,1-6H3. The highest BCUT2D eigenvalue weighted by molar-refractivity contribution is 6.33. The zero-order valence-corrected chi connectivity index (χ0v) is 16.7. The van der Waals surface area contributed by atoms with Crippen LogP contribution in [0.2, 0.25) is 5.02 Å². The van der Waals surface area contributed by atoms with Gasteiger partial charge in [0.2, 0.25) is 0 Å². The maximum atomic E-state index is 6.64. The van der Waals surface area contributed by atoms with Crippen molar-refractivity contribution in [3.63, 3.8) is 0 Å². The van der Waals surface area contributed by atoms with Gasteiger partial charge in [-0.1, -0.05) is 39.3 Å². The van der Waals surface area contributed by atoms with E-state index in [1.807, 2.05) is 0 Å². The van der Waals surface area contributed by atoms with E-state index in [0.29, 0.717) is 40.6 Å². The van der Waals surface area contributed by atoms with Crippen molar-refractivity contribution in [3.8, 4) is 11.5 Å². The molecule has 3 rings (SSSR count). The second kappa shape index (κ2) is 7.34. The minimum Gasteiger partial charge on any atom is -0.495 e. The van der Waals surface area contributed by atoms with E-state index in [-0.39, 0.29) is 12.2 Å². The molecule has 2 fully saturated rings.